The second kappa shape index (κ2) is 5.77. The lowest BCUT2D eigenvalue weighted by Crippen LogP contribution is -2.51. The SMILES string of the molecule is CCC1CCCN(C(=O)N2CC(O)C[C@H]2C(=O)O)C1. The van der Waals surface area contributed by atoms with E-state index in [0.717, 1.165) is 19.3 Å². The lowest BCUT2D eigenvalue weighted by atomic mass is 9.96. The van der Waals surface area contributed by atoms with Crippen molar-refractivity contribution in [1.82, 2.24) is 9.80 Å². The Kier molecular flexibility index (Phi) is 4.29. The summed E-state index contributed by atoms with van der Waals surface area (Å²) in [4.78, 5) is 26.6. The molecule has 0 aromatic carbocycles. The van der Waals surface area contributed by atoms with Crippen molar-refractivity contribution in [3.63, 3.8) is 0 Å². The minimum atomic E-state index is -1.03. The predicted octanol–water partition coefficient (Wildman–Crippen LogP) is 0.748. The maximum Gasteiger partial charge on any atom is 0.326 e. The molecule has 0 aliphatic carbocycles. The summed E-state index contributed by atoms with van der Waals surface area (Å²) in [5, 5.41) is 18.7. The molecule has 6 nitrogen and oxygen atoms in total. The summed E-state index contributed by atoms with van der Waals surface area (Å²) < 4.78 is 0. The van der Waals surface area contributed by atoms with Gasteiger partial charge in [-0.05, 0) is 18.8 Å². The maximum absolute atomic E-state index is 12.4. The number of β-amino-alcohol motifs (C(OH)–C–C–N with tert-alkyl or cyclic N) is 1. The summed E-state index contributed by atoms with van der Waals surface area (Å²) in [5.74, 6) is -0.526. The van der Waals surface area contributed by atoms with Gasteiger partial charge in [-0.1, -0.05) is 13.3 Å². The van der Waals surface area contributed by atoms with Crippen LogP contribution in [0.25, 0.3) is 0 Å². The third-order valence-corrected chi connectivity index (χ3v) is 4.18. The molecule has 2 aliphatic heterocycles. The van der Waals surface area contributed by atoms with Crippen LogP contribution in [0.15, 0.2) is 0 Å². The zero-order chi connectivity index (χ0) is 14.0. The number of hydrogen-bond acceptors (Lipinski definition) is 3. The number of rotatable bonds is 2. The van der Waals surface area contributed by atoms with Crippen molar-refractivity contribution in [2.24, 2.45) is 5.92 Å². The normalized spacial score (nSPS) is 31.6. The highest BCUT2D eigenvalue weighted by atomic mass is 16.4. The third-order valence-electron chi connectivity index (χ3n) is 4.18. The van der Waals surface area contributed by atoms with Gasteiger partial charge in [-0.25, -0.2) is 9.59 Å². The number of aliphatic hydroxyl groups is 1. The Labute approximate surface area is 113 Å². The summed E-state index contributed by atoms with van der Waals surface area (Å²) in [6.07, 6.45) is 2.54. The van der Waals surface area contributed by atoms with Crippen LogP contribution in [0.3, 0.4) is 0 Å². The molecule has 2 heterocycles. The number of likely N-dealkylation sites (tertiary alicyclic amines) is 2. The summed E-state index contributed by atoms with van der Waals surface area (Å²) in [6.45, 7) is 3.63. The third kappa shape index (κ3) is 3.00. The average Bonchev–Trinajstić information content (AvgIpc) is 2.80. The molecule has 0 bridgehead atoms. The molecule has 0 aromatic rings. The zero-order valence-electron chi connectivity index (χ0n) is 11.3. The van der Waals surface area contributed by atoms with Gasteiger partial charge in [0, 0.05) is 26.1 Å². The number of amides is 2. The molecule has 6 heteroatoms. The first kappa shape index (κ1) is 14.1. The zero-order valence-corrected chi connectivity index (χ0v) is 11.3. The van der Waals surface area contributed by atoms with Gasteiger partial charge in [0.05, 0.1) is 6.10 Å². The van der Waals surface area contributed by atoms with Crippen molar-refractivity contribution in [1.29, 1.82) is 0 Å². The Hall–Kier alpha value is -1.30. The van der Waals surface area contributed by atoms with Crippen LogP contribution in [-0.2, 0) is 4.79 Å². The standard InChI is InChI=1S/C13H22N2O4/c1-2-9-4-3-5-14(7-9)13(19)15-8-10(16)6-11(15)12(17)18/h9-11,16H,2-8H2,1H3,(H,17,18)/t9?,10?,11-/m0/s1. The van der Waals surface area contributed by atoms with E-state index in [1.807, 2.05) is 0 Å². The number of nitrogens with zero attached hydrogens (tertiary/aromatic N) is 2. The van der Waals surface area contributed by atoms with Gasteiger partial charge in [0.25, 0.3) is 0 Å². The van der Waals surface area contributed by atoms with E-state index in [4.69, 9.17) is 5.11 Å². The summed E-state index contributed by atoms with van der Waals surface area (Å²) >= 11 is 0. The summed E-state index contributed by atoms with van der Waals surface area (Å²) in [5.41, 5.74) is 0. The molecular weight excluding hydrogens is 248 g/mol. The molecule has 3 atom stereocenters. The molecule has 0 spiro atoms. The maximum atomic E-state index is 12.4. The molecule has 2 aliphatic rings. The van der Waals surface area contributed by atoms with Crippen molar-refractivity contribution >= 4 is 12.0 Å². The largest absolute Gasteiger partial charge is 0.480 e. The Bertz CT molecular complexity index is 361. The number of aliphatic hydroxyl groups excluding tert-OH is 1. The van der Waals surface area contributed by atoms with E-state index < -0.39 is 18.1 Å². The number of carbonyl (C=O) groups excluding carboxylic acids is 1. The average molecular weight is 270 g/mol. The van der Waals surface area contributed by atoms with Crippen LogP contribution in [-0.4, -0.2) is 63.8 Å². The van der Waals surface area contributed by atoms with Crippen molar-refractivity contribution in [3.05, 3.63) is 0 Å². The fourth-order valence-corrected chi connectivity index (χ4v) is 3.01. The Balaban J connectivity index is 2.03. The number of carbonyl (C=O) groups is 2. The topological polar surface area (TPSA) is 81.1 Å². The van der Waals surface area contributed by atoms with Gasteiger partial charge in [-0.3, -0.25) is 0 Å². The van der Waals surface area contributed by atoms with E-state index in [0.29, 0.717) is 19.0 Å². The van der Waals surface area contributed by atoms with Gasteiger partial charge >= 0.3 is 12.0 Å². The van der Waals surface area contributed by atoms with E-state index in [-0.39, 0.29) is 19.0 Å². The molecule has 2 amide bonds. The summed E-state index contributed by atoms with van der Waals surface area (Å²) in [7, 11) is 0. The smallest absolute Gasteiger partial charge is 0.326 e. The monoisotopic (exact) mass is 270 g/mol. The van der Waals surface area contributed by atoms with Crippen LogP contribution in [0, 0.1) is 5.92 Å². The molecule has 0 radical (unpaired) electrons. The number of carboxylic acid groups (broad SMARTS) is 1. The molecule has 108 valence electrons. The highest BCUT2D eigenvalue weighted by Gasteiger charge is 2.41. The molecule has 19 heavy (non-hydrogen) atoms. The van der Waals surface area contributed by atoms with Crippen molar-refractivity contribution in [2.75, 3.05) is 19.6 Å². The van der Waals surface area contributed by atoms with Crippen LogP contribution < -0.4 is 0 Å². The van der Waals surface area contributed by atoms with E-state index in [2.05, 4.69) is 6.92 Å². The van der Waals surface area contributed by atoms with Gasteiger partial charge in [0.2, 0.25) is 0 Å². The first-order valence-corrected chi connectivity index (χ1v) is 6.99. The van der Waals surface area contributed by atoms with Gasteiger partial charge in [0.1, 0.15) is 6.04 Å². The van der Waals surface area contributed by atoms with E-state index >= 15 is 0 Å². The second-order valence-corrected chi connectivity index (χ2v) is 5.54. The highest BCUT2D eigenvalue weighted by molar-refractivity contribution is 5.83. The quantitative estimate of drug-likeness (QED) is 0.776. The van der Waals surface area contributed by atoms with Crippen LogP contribution >= 0.6 is 0 Å². The Morgan fingerprint density at radius 1 is 1.32 bits per heavy atom. The second-order valence-electron chi connectivity index (χ2n) is 5.54. The first-order chi connectivity index (χ1) is 9.02. The van der Waals surface area contributed by atoms with E-state index in [1.165, 1.54) is 4.90 Å². The van der Waals surface area contributed by atoms with Crippen LogP contribution in [0.4, 0.5) is 4.79 Å². The number of piperidine rings is 1. The van der Waals surface area contributed by atoms with Crippen LogP contribution in [0.1, 0.15) is 32.6 Å². The highest BCUT2D eigenvalue weighted by Crippen LogP contribution is 2.24. The van der Waals surface area contributed by atoms with Gasteiger partial charge in [-0.15, -0.1) is 0 Å². The molecule has 2 fully saturated rings. The van der Waals surface area contributed by atoms with Gasteiger partial charge in [-0.2, -0.15) is 0 Å². The fraction of sp³-hybridized carbons (Fsp3) is 0.846. The van der Waals surface area contributed by atoms with Crippen molar-refractivity contribution < 1.29 is 19.8 Å². The molecule has 2 N–H and O–H groups in total. The number of urea groups is 1. The van der Waals surface area contributed by atoms with E-state index in [9.17, 15) is 14.7 Å². The first-order valence-electron chi connectivity index (χ1n) is 6.99. The lowest BCUT2D eigenvalue weighted by Gasteiger charge is -2.36. The Morgan fingerprint density at radius 3 is 2.68 bits per heavy atom. The van der Waals surface area contributed by atoms with Crippen molar-refractivity contribution in [3.8, 4) is 0 Å². The van der Waals surface area contributed by atoms with Crippen LogP contribution in [0.5, 0.6) is 0 Å². The number of aliphatic carboxylic acids is 1. The summed E-state index contributed by atoms with van der Waals surface area (Å²) in [6, 6.07) is -1.12. The molecule has 0 saturated carbocycles. The van der Waals surface area contributed by atoms with Gasteiger partial charge in [0.15, 0.2) is 0 Å². The minimum absolute atomic E-state index is 0.128. The number of hydrogen-bond donors (Lipinski definition) is 2. The fourth-order valence-electron chi connectivity index (χ4n) is 3.01. The predicted molar refractivity (Wildman–Crippen MR) is 68.7 cm³/mol. The molecule has 2 unspecified atom stereocenters. The van der Waals surface area contributed by atoms with E-state index in [1.54, 1.807) is 4.90 Å². The van der Waals surface area contributed by atoms with Crippen LogP contribution in [0.2, 0.25) is 0 Å². The van der Waals surface area contributed by atoms with Crippen molar-refractivity contribution in [2.45, 2.75) is 44.8 Å². The van der Waals surface area contributed by atoms with Gasteiger partial charge < -0.3 is 20.0 Å². The molecule has 0 aromatic heterocycles. The minimum Gasteiger partial charge on any atom is -0.480 e. The molecule has 2 saturated heterocycles. The lowest BCUT2D eigenvalue weighted by molar-refractivity contribution is -0.141. The number of carboxylic acids is 1. The Morgan fingerprint density at radius 2 is 2.05 bits per heavy atom. The molecule has 2 rings (SSSR count). The molecular formula is C13H22N2O4.